The molecule has 2 heterocycles. The molecule has 1 aliphatic heterocycles. The van der Waals surface area contributed by atoms with Crippen LogP contribution in [-0.2, 0) is 34.2 Å². The molecule has 0 aromatic carbocycles. The Morgan fingerprint density at radius 1 is 1.39 bits per heavy atom. The van der Waals surface area contributed by atoms with E-state index in [-0.39, 0.29) is 15.7 Å². The second-order valence-electron chi connectivity index (χ2n) is 6.41. The average Bonchev–Trinajstić information content (AvgIpc) is 3.29. The van der Waals surface area contributed by atoms with Crippen LogP contribution in [0.25, 0.3) is 0 Å². The molecule has 0 bridgehead atoms. The molecule has 1 aromatic heterocycles. The van der Waals surface area contributed by atoms with E-state index in [2.05, 4.69) is 4.72 Å². The molecule has 0 spiro atoms. The van der Waals surface area contributed by atoms with E-state index in [9.17, 15) is 26.4 Å². The van der Waals surface area contributed by atoms with E-state index in [0.29, 0.717) is 19.4 Å². The standard InChI is InChI=1S/C16H24N2O7S3/c1-2-3-7-18(13-6-9-27(21,22)12-13)14(19)11-25-15(20)10-17-28(23,24)16-5-4-8-26-16/h4-5,8,13,17H,2-3,6-7,9-12H2,1H3. The molecular weight excluding hydrogens is 428 g/mol. The van der Waals surface area contributed by atoms with Crippen LogP contribution in [0.5, 0.6) is 0 Å². The second kappa shape index (κ2) is 9.81. The Bertz CT molecular complexity index is 879. The van der Waals surface area contributed by atoms with Crippen molar-refractivity contribution < 1.29 is 31.2 Å². The summed E-state index contributed by atoms with van der Waals surface area (Å²) in [7, 11) is -6.95. The third kappa shape index (κ3) is 6.54. The van der Waals surface area contributed by atoms with Gasteiger partial charge in [-0.3, -0.25) is 9.59 Å². The summed E-state index contributed by atoms with van der Waals surface area (Å²) < 4.78 is 54.4. The van der Waals surface area contributed by atoms with Crippen molar-refractivity contribution in [1.82, 2.24) is 9.62 Å². The van der Waals surface area contributed by atoms with Gasteiger partial charge in [0.05, 0.1) is 11.5 Å². The number of sulfone groups is 1. The monoisotopic (exact) mass is 452 g/mol. The molecular formula is C16H24N2O7S3. The first kappa shape index (κ1) is 22.8. The van der Waals surface area contributed by atoms with Crippen LogP contribution in [0.2, 0.25) is 0 Å². The van der Waals surface area contributed by atoms with Crippen LogP contribution in [0.4, 0.5) is 0 Å². The fourth-order valence-electron chi connectivity index (χ4n) is 2.78. The van der Waals surface area contributed by atoms with Gasteiger partial charge >= 0.3 is 5.97 Å². The lowest BCUT2D eigenvalue weighted by molar-refractivity contribution is -0.151. The van der Waals surface area contributed by atoms with Crippen LogP contribution in [-0.4, -0.2) is 70.9 Å². The van der Waals surface area contributed by atoms with Crippen molar-refractivity contribution in [2.45, 2.75) is 36.4 Å². The fourth-order valence-corrected chi connectivity index (χ4v) is 6.52. The Hall–Kier alpha value is -1.50. The van der Waals surface area contributed by atoms with E-state index in [1.54, 1.807) is 11.4 Å². The van der Waals surface area contributed by atoms with Crippen LogP contribution >= 0.6 is 11.3 Å². The molecule has 1 saturated heterocycles. The van der Waals surface area contributed by atoms with Crippen molar-refractivity contribution in [2.24, 2.45) is 0 Å². The second-order valence-corrected chi connectivity index (χ2v) is 11.6. The van der Waals surface area contributed by atoms with Gasteiger partial charge in [0.1, 0.15) is 10.8 Å². The predicted molar refractivity (Wildman–Crippen MR) is 104 cm³/mol. The van der Waals surface area contributed by atoms with Gasteiger partial charge in [-0.1, -0.05) is 19.4 Å². The highest BCUT2D eigenvalue weighted by molar-refractivity contribution is 7.91. The van der Waals surface area contributed by atoms with Gasteiger partial charge in [-0.2, -0.15) is 4.72 Å². The Kier molecular flexibility index (Phi) is 7.98. The maximum Gasteiger partial charge on any atom is 0.321 e. The third-order valence-corrected chi connectivity index (χ3v) is 8.79. The van der Waals surface area contributed by atoms with Gasteiger partial charge in [0.15, 0.2) is 16.4 Å². The van der Waals surface area contributed by atoms with Gasteiger partial charge in [0.2, 0.25) is 0 Å². The van der Waals surface area contributed by atoms with Crippen LogP contribution in [0.3, 0.4) is 0 Å². The summed E-state index contributed by atoms with van der Waals surface area (Å²) in [5.41, 5.74) is 0. The van der Waals surface area contributed by atoms with Crippen molar-refractivity contribution in [3.05, 3.63) is 17.5 Å². The maximum absolute atomic E-state index is 12.5. The van der Waals surface area contributed by atoms with E-state index < -0.39 is 50.9 Å². The summed E-state index contributed by atoms with van der Waals surface area (Å²) in [5.74, 6) is -1.41. The van der Waals surface area contributed by atoms with Crippen molar-refractivity contribution in [1.29, 1.82) is 0 Å². The van der Waals surface area contributed by atoms with E-state index >= 15 is 0 Å². The van der Waals surface area contributed by atoms with Crippen molar-refractivity contribution in [3.8, 4) is 0 Å². The lowest BCUT2D eigenvalue weighted by Gasteiger charge is -2.28. The normalized spacial score (nSPS) is 18.7. The first-order valence-electron chi connectivity index (χ1n) is 8.83. The highest BCUT2D eigenvalue weighted by Gasteiger charge is 2.34. The largest absolute Gasteiger partial charge is 0.455 e. The number of unbranched alkanes of at least 4 members (excludes halogenated alkanes) is 1. The molecule has 28 heavy (non-hydrogen) atoms. The SMILES string of the molecule is CCCCN(C(=O)COC(=O)CNS(=O)(=O)c1cccs1)C1CCS(=O)(=O)C1. The highest BCUT2D eigenvalue weighted by atomic mass is 32.2. The van der Waals surface area contributed by atoms with Crippen LogP contribution in [0.1, 0.15) is 26.2 Å². The van der Waals surface area contributed by atoms with Crippen molar-refractivity contribution >= 4 is 43.1 Å². The van der Waals surface area contributed by atoms with Gasteiger partial charge in [-0.15, -0.1) is 11.3 Å². The minimum atomic E-state index is -3.80. The molecule has 9 nitrogen and oxygen atoms in total. The molecule has 1 aromatic rings. The molecule has 1 aliphatic rings. The number of sulfonamides is 1. The average molecular weight is 453 g/mol. The first-order chi connectivity index (χ1) is 13.1. The molecule has 1 unspecified atom stereocenters. The zero-order chi connectivity index (χ0) is 20.8. The predicted octanol–water partition coefficient (Wildman–Crippen LogP) is 0.385. The number of nitrogens with one attached hydrogen (secondary N) is 1. The van der Waals surface area contributed by atoms with Crippen LogP contribution in [0.15, 0.2) is 21.7 Å². The van der Waals surface area contributed by atoms with E-state index in [1.165, 1.54) is 11.0 Å². The minimum Gasteiger partial charge on any atom is -0.455 e. The Morgan fingerprint density at radius 3 is 2.71 bits per heavy atom. The van der Waals surface area contributed by atoms with Crippen molar-refractivity contribution in [2.75, 3.05) is 31.2 Å². The summed E-state index contributed by atoms with van der Waals surface area (Å²) in [5, 5.41) is 1.60. The summed E-state index contributed by atoms with van der Waals surface area (Å²) in [6, 6.07) is 2.56. The number of ether oxygens (including phenoxy) is 1. The van der Waals surface area contributed by atoms with E-state index in [0.717, 1.165) is 17.8 Å². The number of hydrogen-bond donors (Lipinski definition) is 1. The summed E-state index contributed by atoms with van der Waals surface area (Å²) in [6.45, 7) is 1.19. The molecule has 0 aliphatic carbocycles. The smallest absolute Gasteiger partial charge is 0.321 e. The number of carbonyl (C=O) groups excluding carboxylic acids is 2. The first-order valence-corrected chi connectivity index (χ1v) is 13.0. The zero-order valence-corrected chi connectivity index (χ0v) is 17.9. The minimum absolute atomic E-state index is 0.0395. The lowest BCUT2D eigenvalue weighted by atomic mass is 10.2. The molecule has 158 valence electrons. The Labute approximate surface area is 169 Å². The van der Waals surface area contributed by atoms with E-state index in [4.69, 9.17) is 4.74 Å². The number of esters is 1. The molecule has 1 N–H and O–H groups in total. The number of amides is 1. The highest BCUT2D eigenvalue weighted by Crippen LogP contribution is 2.19. The molecule has 12 heteroatoms. The third-order valence-electron chi connectivity index (χ3n) is 4.25. The molecule has 0 saturated carbocycles. The molecule has 0 radical (unpaired) electrons. The quantitative estimate of drug-likeness (QED) is 0.509. The molecule has 1 atom stereocenters. The topological polar surface area (TPSA) is 127 Å². The molecule has 2 rings (SSSR count). The van der Waals surface area contributed by atoms with Gasteiger partial charge in [-0.25, -0.2) is 16.8 Å². The molecule has 1 fully saturated rings. The fraction of sp³-hybridized carbons (Fsp3) is 0.625. The van der Waals surface area contributed by atoms with Gasteiger partial charge in [0.25, 0.3) is 15.9 Å². The van der Waals surface area contributed by atoms with Gasteiger partial charge in [-0.05, 0) is 24.3 Å². The van der Waals surface area contributed by atoms with Gasteiger partial charge < -0.3 is 9.64 Å². The molecule has 1 amide bonds. The number of hydrogen-bond acceptors (Lipinski definition) is 8. The van der Waals surface area contributed by atoms with Crippen LogP contribution < -0.4 is 4.72 Å². The summed E-state index contributed by atoms with van der Waals surface area (Å²) in [6.07, 6.45) is 1.90. The zero-order valence-electron chi connectivity index (χ0n) is 15.5. The lowest BCUT2D eigenvalue weighted by Crippen LogP contribution is -2.44. The van der Waals surface area contributed by atoms with Crippen molar-refractivity contribution in [3.63, 3.8) is 0 Å². The maximum atomic E-state index is 12.5. The Balaban J connectivity index is 1.86. The number of rotatable bonds is 10. The van der Waals surface area contributed by atoms with E-state index in [1.807, 2.05) is 6.92 Å². The number of thiophene rings is 1. The number of nitrogens with zero attached hydrogens (tertiary/aromatic N) is 1. The Morgan fingerprint density at radius 2 is 2.14 bits per heavy atom. The number of carbonyl (C=O) groups is 2. The van der Waals surface area contributed by atoms with Gasteiger partial charge in [0, 0.05) is 12.6 Å². The van der Waals surface area contributed by atoms with Crippen LogP contribution in [0, 0.1) is 0 Å². The summed E-state index contributed by atoms with van der Waals surface area (Å²) in [4.78, 5) is 25.7. The summed E-state index contributed by atoms with van der Waals surface area (Å²) >= 11 is 1.01.